The minimum Gasteiger partial charge on any atom is -0.408 e. The molecule has 108 valence electrons. The number of rotatable bonds is 6. The van der Waals surface area contributed by atoms with Crippen molar-refractivity contribution in [2.24, 2.45) is 0 Å². The average molecular weight is 297 g/mol. The lowest BCUT2D eigenvalue weighted by Crippen LogP contribution is -2.16. The Morgan fingerprint density at radius 3 is 2.80 bits per heavy atom. The number of hydrogen-bond acceptors (Lipinski definition) is 7. The van der Waals surface area contributed by atoms with Crippen LogP contribution < -0.4 is 10.0 Å². The molecule has 0 saturated heterocycles. The third-order valence-corrected chi connectivity index (χ3v) is 3.70. The molecule has 0 bridgehead atoms. The van der Waals surface area contributed by atoms with Gasteiger partial charge in [-0.25, -0.2) is 18.1 Å². The van der Waals surface area contributed by atoms with Crippen molar-refractivity contribution in [3.8, 4) is 0 Å². The van der Waals surface area contributed by atoms with Gasteiger partial charge in [-0.2, -0.15) is 0 Å². The van der Waals surface area contributed by atoms with Crippen molar-refractivity contribution in [1.82, 2.24) is 15.2 Å². The van der Waals surface area contributed by atoms with Gasteiger partial charge in [-0.3, -0.25) is 0 Å². The Morgan fingerprint density at radius 2 is 2.15 bits per heavy atom. The van der Waals surface area contributed by atoms with Crippen LogP contribution in [0.1, 0.15) is 19.2 Å². The molecule has 0 spiro atoms. The zero-order valence-corrected chi connectivity index (χ0v) is 11.9. The molecule has 0 fully saturated rings. The van der Waals surface area contributed by atoms with E-state index in [1.54, 1.807) is 13.0 Å². The Morgan fingerprint density at radius 1 is 1.35 bits per heavy atom. The van der Waals surface area contributed by atoms with Gasteiger partial charge in [0.05, 0.1) is 0 Å². The second-order valence-electron chi connectivity index (χ2n) is 4.01. The Kier molecular flexibility index (Phi) is 4.18. The predicted molar refractivity (Wildman–Crippen MR) is 72.9 cm³/mol. The zero-order chi connectivity index (χ0) is 14.6. The third kappa shape index (κ3) is 3.23. The fourth-order valence-corrected chi connectivity index (χ4v) is 2.55. The summed E-state index contributed by atoms with van der Waals surface area (Å²) in [6.45, 7) is 4.17. The van der Waals surface area contributed by atoms with Gasteiger partial charge < -0.3 is 9.73 Å². The van der Waals surface area contributed by atoms with E-state index in [0.29, 0.717) is 6.54 Å². The van der Waals surface area contributed by atoms with Gasteiger partial charge in [0.2, 0.25) is 5.89 Å². The molecule has 9 heteroatoms. The van der Waals surface area contributed by atoms with Gasteiger partial charge in [0.1, 0.15) is 10.7 Å². The SMILES string of the molecule is CCCNc1ncccc1S(=O)(=O)Nc1nnc(C)o1. The van der Waals surface area contributed by atoms with Gasteiger partial charge in [-0.1, -0.05) is 12.0 Å². The largest absolute Gasteiger partial charge is 0.408 e. The molecule has 20 heavy (non-hydrogen) atoms. The van der Waals surface area contributed by atoms with E-state index in [2.05, 4.69) is 25.2 Å². The first kappa shape index (κ1) is 14.3. The van der Waals surface area contributed by atoms with Crippen LogP contribution >= 0.6 is 0 Å². The molecular weight excluding hydrogens is 282 g/mol. The Labute approximate surface area is 116 Å². The average Bonchev–Trinajstić information content (AvgIpc) is 2.81. The molecule has 2 rings (SSSR count). The zero-order valence-electron chi connectivity index (χ0n) is 11.1. The van der Waals surface area contributed by atoms with E-state index in [9.17, 15) is 8.42 Å². The summed E-state index contributed by atoms with van der Waals surface area (Å²) in [7, 11) is -3.83. The normalized spacial score (nSPS) is 11.3. The number of pyridine rings is 1. The summed E-state index contributed by atoms with van der Waals surface area (Å²) in [4.78, 5) is 4.06. The molecule has 8 nitrogen and oxygen atoms in total. The lowest BCUT2D eigenvalue weighted by molar-refractivity contribution is 0.534. The van der Waals surface area contributed by atoms with E-state index >= 15 is 0 Å². The fourth-order valence-electron chi connectivity index (χ4n) is 1.49. The summed E-state index contributed by atoms with van der Waals surface area (Å²) in [5.74, 6) is 0.566. The first-order valence-corrected chi connectivity index (χ1v) is 7.53. The Hall–Kier alpha value is -2.16. The highest BCUT2D eigenvalue weighted by Crippen LogP contribution is 2.20. The van der Waals surface area contributed by atoms with Crippen molar-refractivity contribution in [2.45, 2.75) is 25.2 Å². The molecule has 0 saturated carbocycles. The number of nitrogens with zero attached hydrogens (tertiary/aromatic N) is 3. The highest BCUT2D eigenvalue weighted by Gasteiger charge is 2.21. The van der Waals surface area contributed by atoms with Crippen LogP contribution in [0.4, 0.5) is 11.8 Å². The molecule has 2 aromatic heterocycles. The van der Waals surface area contributed by atoms with Gasteiger partial charge in [0.15, 0.2) is 0 Å². The quantitative estimate of drug-likeness (QED) is 0.829. The number of nitrogens with one attached hydrogen (secondary N) is 2. The smallest absolute Gasteiger partial charge is 0.329 e. The second kappa shape index (κ2) is 5.87. The lowest BCUT2D eigenvalue weighted by atomic mass is 10.4. The number of sulfonamides is 1. The topological polar surface area (TPSA) is 110 Å². The van der Waals surface area contributed by atoms with Gasteiger partial charge in [0, 0.05) is 19.7 Å². The second-order valence-corrected chi connectivity index (χ2v) is 5.66. The van der Waals surface area contributed by atoms with Crippen molar-refractivity contribution in [1.29, 1.82) is 0 Å². The third-order valence-electron chi connectivity index (χ3n) is 2.35. The van der Waals surface area contributed by atoms with E-state index in [0.717, 1.165) is 6.42 Å². The van der Waals surface area contributed by atoms with E-state index in [1.807, 2.05) is 6.92 Å². The van der Waals surface area contributed by atoms with Crippen molar-refractivity contribution in [3.05, 3.63) is 24.2 Å². The summed E-state index contributed by atoms with van der Waals surface area (Å²) >= 11 is 0. The molecule has 2 aromatic rings. The molecule has 2 heterocycles. The van der Waals surface area contributed by atoms with Crippen molar-refractivity contribution in [3.63, 3.8) is 0 Å². The number of aromatic nitrogens is 3. The number of aryl methyl sites for hydroxylation is 1. The van der Waals surface area contributed by atoms with Crippen molar-refractivity contribution < 1.29 is 12.8 Å². The maximum atomic E-state index is 12.3. The van der Waals surface area contributed by atoms with Crippen LogP contribution in [0.2, 0.25) is 0 Å². The number of anilines is 2. The molecule has 2 N–H and O–H groups in total. The van der Waals surface area contributed by atoms with Crippen LogP contribution in [0.5, 0.6) is 0 Å². The fraction of sp³-hybridized carbons (Fsp3) is 0.364. The molecule has 0 unspecified atom stereocenters. The van der Waals surface area contributed by atoms with E-state index < -0.39 is 10.0 Å². The minimum atomic E-state index is -3.83. The molecule has 0 aromatic carbocycles. The molecule has 0 aliphatic carbocycles. The monoisotopic (exact) mass is 297 g/mol. The van der Waals surface area contributed by atoms with Crippen LogP contribution in [-0.4, -0.2) is 30.1 Å². The maximum Gasteiger partial charge on any atom is 0.329 e. The summed E-state index contributed by atoms with van der Waals surface area (Å²) in [5.41, 5.74) is 0. The summed E-state index contributed by atoms with van der Waals surface area (Å²) in [6, 6.07) is 2.83. The van der Waals surface area contributed by atoms with Crippen LogP contribution in [0, 0.1) is 6.92 Å². The van der Waals surface area contributed by atoms with Crippen LogP contribution in [0.25, 0.3) is 0 Å². The highest BCUT2D eigenvalue weighted by molar-refractivity contribution is 7.92. The van der Waals surface area contributed by atoms with Gasteiger partial charge in [0.25, 0.3) is 10.0 Å². The first-order chi connectivity index (χ1) is 9.53. The van der Waals surface area contributed by atoms with Gasteiger partial charge >= 0.3 is 6.01 Å². The predicted octanol–water partition coefficient (Wildman–Crippen LogP) is 1.40. The standard InChI is InChI=1S/C11H15N5O3S/c1-3-6-12-10-9(5-4-7-13-10)20(17,18)16-11-15-14-8(2)19-11/h4-5,7H,3,6H2,1-2H3,(H,12,13)(H,15,16). The minimum absolute atomic E-state index is 0.0318. The maximum absolute atomic E-state index is 12.3. The van der Waals surface area contributed by atoms with Crippen molar-refractivity contribution >= 4 is 21.9 Å². The summed E-state index contributed by atoms with van der Waals surface area (Å²) in [5, 5.41) is 10.1. The van der Waals surface area contributed by atoms with Gasteiger partial charge in [-0.05, 0) is 18.6 Å². The van der Waals surface area contributed by atoms with E-state index in [4.69, 9.17) is 4.42 Å². The molecule has 0 aliphatic rings. The number of hydrogen-bond donors (Lipinski definition) is 2. The molecule has 0 radical (unpaired) electrons. The van der Waals surface area contributed by atoms with E-state index in [1.165, 1.54) is 12.3 Å². The Bertz CT molecular complexity index is 683. The molecule has 0 aliphatic heterocycles. The molecule has 0 amide bonds. The lowest BCUT2D eigenvalue weighted by Gasteiger charge is -2.10. The summed E-state index contributed by atoms with van der Waals surface area (Å²) in [6.07, 6.45) is 2.38. The van der Waals surface area contributed by atoms with Crippen LogP contribution in [0.15, 0.2) is 27.6 Å². The Balaban J connectivity index is 2.29. The van der Waals surface area contributed by atoms with Gasteiger partial charge in [-0.15, -0.1) is 5.10 Å². The van der Waals surface area contributed by atoms with Crippen molar-refractivity contribution in [2.75, 3.05) is 16.6 Å². The van der Waals surface area contributed by atoms with E-state index in [-0.39, 0.29) is 22.6 Å². The molecular formula is C11H15N5O3S. The van der Waals surface area contributed by atoms with Crippen LogP contribution in [0.3, 0.4) is 0 Å². The first-order valence-electron chi connectivity index (χ1n) is 6.04. The molecule has 0 atom stereocenters. The van der Waals surface area contributed by atoms with Crippen LogP contribution in [-0.2, 0) is 10.0 Å². The highest BCUT2D eigenvalue weighted by atomic mass is 32.2. The summed E-state index contributed by atoms with van der Waals surface area (Å²) < 4.78 is 31.8.